The first kappa shape index (κ1) is 19.9. The molecule has 0 aromatic heterocycles. The van der Waals surface area contributed by atoms with E-state index in [4.69, 9.17) is 4.74 Å². The quantitative estimate of drug-likeness (QED) is 0.488. The zero-order valence-corrected chi connectivity index (χ0v) is 14.7. The van der Waals surface area contributed by atoms with Crippen LogP contribution in [-0.2, 0) is 4.79 Å². The molecule has 2 rings (SSSR count). The maximum atomic E-state index is 13.5. The Balaban J connectivity index is 1.78. The number of rotatable bonds is 8. The Morgan fingerprint density at radius 1 is 1.26 bits per heavy atom. The first-order valence-corrected chi connectivity index (χ1v) is 8.31. The SMILES string of the molecule is CCOc1cc(C=NNC(=O)CCNC(=O)c2ccccc2F)ccc1O. The molecule has 27 heavy (non-hydrogen) atoms. The van der Waals surface area contributed by atoms with E-state index in [2.05, 4.69) is 15.8 Å². The van der Waals surface area contributed by atoms with Gasteiger partial charge in [0.05, 0.1) is 18.4 Å². The van der Waals surface area contributed by atoms with Gasteiger partial charge in [0.1, 0.15) is 5.82 Å². The van der Waals surface area contributed by atoms with E-state index in [0.29, 0.717) is 17.9 Å². The Bertz CT molecular complexity index is 839. The molecule has 2 aromatic rings. The van der Waals surface area contributed by atoms with Crippen LogP contribution in [-0.4, -0.2) is 36.3 Å². The molecule has 0 aliphatic heterocycles. The molecule has 0 atom stereocenters. The number of amides is 2. The molecule has 2 aromatic carbocycles. The predicted octanol–water partition coefficient (Wildman–Crippen LogP) is 2.20. The number of hydrogen-bond acceptors (Lipinski definition) is 5. The number of carbonyl (C=O) groups excluding carboxylic acids is 2. The van der Waals surface area contributed by atoms with Gasteiger partial charge in [-0.25, -0.2) is 9.82 Å². The molecule has 0 radical (unpaired) electrons. The third-order valence-corrected chi connectivity index (χ3v) is 3.44. The van der Waals surface area contributed by atoms with Gasteiger partial charge in [0.2, 0.25) is 5.91 Å². The fraction of sp³-hybridized carbons (Fsp3) is 0.211. The summed E-state index contributed by atoms with van der Waals surface area (Å²) in [7, 11) is 0. The minimum Gasteiger partial charge on any atom is -0.504 e. The normalized spacial score (nSPS) is 10.6. The Kier molecular flexibility index (Phi) is 7.30. The van der Waals surface area contributed by atoms with Crippen molar-refractivity contribution < 1.29 is 23.8 Å². The van der Waals surface area contributed by atoms with Crippen molar-refractivity contribution in [3.05, 3.63) is 59.4 Å². The van der Waals surface area contributed by atoms with E-state index in [1.165, 1.54) is 30.5 Å². The maximum Gasteiger partial charge on any atom is 0.254 e. The summed E-state index contributed by atoms with van der Waals surface area (Å²) >= 11 is 0. The molecule has 7 nitrogen and oxygen atoms in total. The lowest BCUT2D eigenvalue weighted by Gasteiger charge is -2.06. The smallest absolute Gasteiger partial charge is 0.254 e. The number of aromatic hydroxyl groups is 1. The second kappa shape index (κ2) is 9.91. The lowest BCUT2D eigenvalue weighted by molar-refractivity contribution is -0.120. The van der Waals surface area contributed by atoms with Crippen molar-refractivity contribution in [1.82, 2.24) is 10.7 Å². The number of phenolic OH excluding ortho intramolecular Hbond substituents is 1. The zero-order chi connectivity index (χ0) is 19.6. The molecule has 0 unspecified atom stereocenters. The fourth-order valence-electron chi connectivity index (χ4n) is 2.15. The molecule has 8 heteroatoms. The largest absolute Gasteiger partial charge is 0.504 e. The first-order valence-electron chi connectivity index (χ1n) is 8.31. The van der Waals surface area contributed by atoms with Gasteiger partial charge in [0.25, 0.3) is 5.91 Å². The highest BCUT2D eigenvalue weighted by molar-refractivity contribution is 5.94. The van der Waals surface area contributed by atoms with E-state index in [-0.39, 0.29) is 24.3 Å². The number of benzene rings is 2. The third-order valence-electron chi connectivity index (χ3n) is 3.44. The highest BCUT2D eigenvalue weighted by Crippen LogP contribution is 2.26. The topological polar surface area (TPSA) is 100 Å². The van der Waals surface area contributed by atoms with Gasteiger partial charge in [-0.3, -0.25) is 9.59 Å². The van der Waals surface area contributed by atoms with Crippen LogP contribution < -0.4 is 15.5 Å². The van der Waals surface area contributed by atoms with Gasteiger partial charge < -0.3 is 15.2 Å². The average molecular weight is 373 g/mol. The van der Waals surface area contributed by atoms with Crippen molar-refractivity contribution in [3.8, 4) is 11.5 Å². The van der Waals surface area contributed by atoms with E-state index in [1.807, 2.05) is 0 Å². The lowest BCUT2D eigenvalue weighted by atomic mass is 10.2. The zero-order valence-electron chi connectivity index (χ0n) is 14.7. The Hall–Kier alpha value is -3.42. The predicted molar refractivity (Wildman–Crippen MR) is 98.4 cm³/mol. The average Bonchev–Trinajstić information content (AvgIpc) is 2.65. The summed E-state index contributed by atoms with van der Waals surface area (Å²) in [5.41, 5.74) is 2.88. The highest BCUT2D eigenvalue weighted by Gasteiger charge is 2.10. The molecule has 0 bridgehead atoms. The number of carbonyl (C=O) groups is 2. The van der Waals surface area contributed by atoms with Gasteiger partial charge in [-0.1, -0.05) is 12.1 Å². The standard InChI is InChI=1S/C19H20FN3O4/c1-2-27-17-11-13(7-8-16(17)24)12-22-23-18(25)9-10-21-19(26)14-5-3-4-6-15(14)20/h3-8,11-12,24H,2,9-10H2,1H3,(H,21,26)(H,23,25). The second-order valence-electron chi connectivity index (χ2n) is 5.44. The molecule has 0 aliphatic carbocycles. The molecule has 2 amide bonds. The van der Waals surface area contributed by atoms with Crippen LogP contribution >= 0.6 is 0 Å². The van der Waals surface area contributed by atoms with Crippen LogP contribution in [0.1, 0.15) is 29.3 Å². The lowest BCUT2D eigenvalue weighted by Crippen LogP contribution is -2.29. The highest BCUT2D eigenvalue weighted by atomic mass is 19.1. The minimum absolute atomic E-state index is 0.0166. The van der Waals surface area contributed by atoms with Crippen LogP contribution in [0.4, 0.5) is 4.39 Å². The minimum atomic E-state index is -0.621. The van der Waals surface area contributed by atoms with Gasteiger partial charge in [-0.2, -0.15) is 5.10 Å². The number of ether oxygens (including phenoxy) is 1. The Morgan fingerprint density at radius 3 is 2.78 bits per heavy atom. The van der Waals surface area contributed by atoms with E-state index < -0.39 is 17.6 Å². The van der Waals surface area contributed by atoms with Crippen molar-refractivity contribution in [2.75, 3.05) is 13.2 Å². The number of halogens is 1. The van der Waals surface area contributed by atoms with Crippen LogP contribution in [0.2, 0.25) is 0 Å². The van der Waals surface area contributed by atoms with Crippen molar-refractivity contribution in [2.24, 2.45) is 5.10 Å². The summed E-state index contributed by atoms with van der Waals surface area (Å²) in [6.07, 6.45) is 1.38. The number of hydrogen-bond donors (Lipinski definition) is 3. The monoisotopic (exact) mass is 373 g/mol. The van der Waals surface area contributed by atoms with Gasteiger partial charge in [-0.05, 0) is 42.8 Å². The summed E-state index contributed by atoms with van der Waals surface area (Å²) in [5, 5.41) is 15.9. The van der Waals surface area contributed by atoms with Gasteiger partial charge in [0, 0.05) is 13.0 Å². The summed E-state index contributed by atoms with van der Waals surface area (Å²) in [4.78, 5) is 23.5. The Labute approximate surface area is 155 Å². The molecular formula is C19H20FN3O4. The number of phenols is 1. The first-order chi connectivity index (χ1) is 13.0. The molecule has 0 aliphatic rings. The molecule has 3 N–H and O–H groups in total. The molecule has 0 spiro atoms. The molecule has 0 fully saturated rings. The number of hydrazone groups is 1. The van der Waals surface area contributed by atoms with E-state index in [9.17, 15) is 19.1 Å². The fourth-order valence-corrected chi connectivity index (χ4v) is 2.15. The summed E-state index contributed by atoms with van der Waals surface area (Å²) in [6, 6.07) is 10.3. The maximum absolute atomic E-state index is 13.5. The van der Waals surface area contributed by atoms with Crippen molar-refractivity contribution in [3.63, 3.8) is 0 Å². The van der Waals surface area contributed by atoms with E-state index in [0.717, 1.165) is 0 Å². The van der Waals surface area contributed by atoms with Crippen LogP contribution in [0.5, 0.6) is 11.5 Å². The summed E-state index contributed by atoms with van der Waals surface area (Å²) < 4.78 is 18.7. The van der Waals surface area contributed by atoms with Gasteiger partial charge in [0.15, 0.2) is 11.5 Å². The number of nitrogens with zero attached hydrogens (tertiary/aromatic N) is 1. The van der Waals surface area contributed by atoms with Crippen LogP contribution in [0, 0.1) is 5.82 Å². The van der Waals surface area contributed by atoms with Crippen LogP contribution in [0.3, 0.4) is 0 Å². The van der Waals surface area contributed by atoms with Crippen LogP contribution in [0.15, 0.2) is 47.6 Å². The number of nitrogens with one attached hydrogen (secondary N) is 2. The third kappa shape index (κ3) is 6.10. The van der Waals surface area contributed by atoms with Crippen molar-refractivity contribution >= 4 is 18.0 Å². The van der Waals surface area contributed by atoms with Crippen molar-refractivity contribution in [2.45, 2.75) is 13.3 Å². The second-order valence-corrected chi connectivity index (χ2v) is 5.44. The van der Waals surface area contributed by atoms with Crippen LogP contribution in [0.25, 0.3) is 0 Å². The van der Waals surface area contributed by atoms with Gasteiger partial charge >= 0.3 is 0 Å². The molecule has 142 valence electrons. The molecule has 0 saturated carbocycles. The molecule has 0 saturated heterocycles. The van der Waals surface area contributed by atoms with Gasteiger partial charge in [-0.15, -0.1) is 0 Å². The Morgan fingerprint density at radius 2 is 2.04 bits per heavy atom. The summed E-state index contributed by atoms with van der Waals surface area (Å²) in [6.45, 7) is 2.25. The van der Waals surface area contributed by atoms with E-state index >= 15 is 0 Å². The van der Waals surface area contributed by atoms with E-state index in [1.54, 1.807) is 25.1 Å². The molecular weight excluding hydrogens is 353 g/mol. The van der Waals surface area contributed by atoms with Crippen molar-refractivity contribution in [1.29, 1.82) is 0 Å². The summed E-state index contributed by atoms with van der Waals surface area (Å²) in [5.74, 6) is -1.28. The molecule has 0 heterocycles.